The van der Waals surface area contributed by atoms with Crippen molar-refractivity contribution in [1.82, 2.24) is 4.90 Å². The van der Waals surface area contributed by atoms with Gasteiger partial charge in [-0.1, -0.05) is 6.07 Å². The minimum absolute atomic E-state index is 0.00213. The highest BCUT2D eigenvalue weighted by Gasteiger charge is 2.21. The van der Waals surface area contributed by atoms with E-state index in [0.29, 0.717) is 4.88 Å². The molecule has 4 heteroatoms. The number of hydrogen-bond donors (Lipinski definition) is 0. The number of carbonyl (C=O) groups excluding carboxylic acids is 2. The van der Waals surface area contributed by atoms with Crippen molar-refractivity contribution in [3.8, 4) is 0 Å². The Bertz CT molecular complexity index is 332. The maximum atomic E-state index is 11.8. The van der Waals surface area contributed by atoms with E-state index < -0.39 is 0 Å². The van der Waals surface area contributed by atoms with Crippen LogP contribution in [0.2, 0.25) is 0 Å². The van der Waals surface area contributed by atoms with Crippen LogP contribution in [0.1, 0.15) is 23.5 Å². The summed E-state index contributed by atoms with van der Waals surface area (Å²) in [5.41, 5.74) is 0. The number of amides is 1. The maximum Gasteiger partial charge on any atom is 0.219 e. The molecular formula is C10H13NO2S. The second-order valence-electron chi connectivity index (χ2n) is 3.15. The number of rotatable bonds is 3. The summed E-state index contributed by atoms with van der Waals surface area (Å²) in [5.74, 6) is -0.0971. The summed E-state index contributed by atoms with van der Waals surface area (Å²) >= 11 is 1.40. The van der Waals surface area contributed by atoms with Crippen LogP contribution < -0.4 is 0 Å². The fourth-order valence-corrected chi connectivity index (χ4v) is 1.82. The molecule has 0 aliphatic carbocycles. The molecule has 1 heterocycles. The number of nitrogens with zero attached hydrogens (tertiary/aromatic N) is 1. The highest BCUT2D eigenvalue weighted by molar-refractivity contribution is 7.12. The smallest absolute Gasteiger partial charge is 0.219 e. The van der Waals surface area contributed by atoms with Gasteiger partial charge in [0.05, 0.1) is 10.9 Å². The van der Waals surface area contributed by atoms with Crippen molar-refractivity contribution in [2.75, 3.05) is 7.05 Å². The summed E-state index contributed by atoms with van der Waals surface area (Å²) in [6.07, 6.45) is 0. The molecule has 1 amide bonds. The van der Waals surface area contributed by atoms with Crippen LogP contribution in [0.15, 0.2) is 17.5 Å². The molecule has 0 saturated carbocycles. The largest absolute Gasteiger partial charge is 0.336 e. The molecule has 0 fully saturated rings. The molecule has 0 radical (unpaired) electrons. The predicted molar refractivity (Wildman–Crippen MR) is 56.6 cm³/mol. The van der Waals surface area contributed by atoms with Crippen molar-refractivity contribution >= 4 is 23.0 Å². The van der Waals surface area contributed by atoms with Gasteiger partial charge in [-0.25, -0.2) is 0 Å². The average Bonchev–Trinajstić information content (AvgIpc) is 2.67. The van der Waals surface area contributed by atoms with Crippen molar-refractivity contribution in [3.05, 3.63) is 22.4 Å². The summed E-state index contributed by atoms with van der Waals surface area (Å²) in [4.78, 5) is 25.0. The van der Waals surface area contributed by atoms with Gasteiger partial charge in [0.15, 0.2) is 5.78 Å². The quantitative estimate of drug-likeness (QED) is 0.715. The van der Waals surface area contributed by atoms with Crippen molar-refractivity contribution in [2.24, 2.45) is 0 Å². The Balaban J connectivity index is 2.76. The first-order valence-electron chi connectivity index (χ1n) is 4.35. The summed E-state index contributed by atoms with van der Waals surface area (Å²) < 4.78 is 0. The first-order chi connectivity index (χ1) is 6.54. The van der Waals surface area contributed by atoms with E-state index in [0.717, 1.165) is 0 Å². The minimum atomic E-state index is -0.383. The van der Waals surface area contributed by atoms with Gasteiger partial charge < -0.3 is 4.90 Å². The topological polar surface area (TPSA) is 37.4 Å². The molecule has 0 N–H and O–H groups in total. The lowest BCUT2D eigenvalue weighted by Crippen LogP contribution is -2.38. The Kier molecular flexibility index (Phi) is 3.41. The lowest BCUT2D eigenvalue weighted by molar-refractivity contribution is -0.128. The number of ketones is 1. The first kappa shape index (κ1) is 10.9. The third kappa shape index (κ3) is 2.20. The van der Waals surface area contributed by atoms with E-state index >= 15 is 0 Å². The van der Waals surface area contributed by atoms with Gasteiger partial charge in [-0.2, -0.15) is 0 Å². The summed E-state index contributed by atoms with van der Waals surface area (Å²) in [7, 11) is 1.64. The number of Topliss-reactive ketones (excluding diaryl/α,β-unsaturated/α-hetero) is 1. The predicted octanol–water partition coefficient (Wildman–Crippen LogP) is 1.80. The number of likely N-dealkylation sites (N-methyl/N-ethyl adjacent to an activating group) is 1. The molecule has 0 aliphatic heterocycles. The van der Waals surface area contributed by atoms with E-state index in [-0.39, 0.29) is 17.7 Å². The minimum Gasteiger partial charge on any atom is -0.336 e. The molecule has 0 saturated heterocycles. The zero-order valence-electron chi connectivity index (χ0n) is 8.48. The Morgan fingerprint density at radius 1 is 1.50 bits per heavy atom. The van der Waals surface area contributed by atoms with Gasteiger partial charge in [0.25, 0.3) is 0 Å². The lowest BCUT2D eigenvalue weighted by atomic mass is 10.1. The van der Waals surface area contributed by atoms with Gasteiger partial charge >= 0.3 is 0 Å². The van der Waals surface area contributed by atoms with E-state index in [1.54, 1.807) is 20.0 Å². The van der Waals surface area contributed by atoms with E-state index in [2.05, 4.69) is 0 Å². The van der Waals surface area contributed by atoms with Gasteiger partial charge in [0, 0.05) is 14.0 Å². The summed E-state index contributed by atoms with van der Waals surface area (Å²) in [6, 6.07) is 3.22. The van der Waals surface area contributed by atoms with Gasteiger partial charge in [-0.05, 0) is 18.4 Å². The molecule has 1 atom stereocenters. The zero-order chi connectivity index (χ0) is 10.7. The van der Waals surface area contributed by atoms with Crippen molar-refractivity contribution < 1.29 is 9.59 Å². The molecule has 1 unspecified atom stereocenters. The fraction of sp³-hybridized carbons (Fsp3) is 0.400. The maximum absolute atomic E-state index is 11.8. The molecule has 3 nitrogen and oxygen atoms in total. The molecule has 0 bridgehead atoms. The Labute approximate surface area is 87.3 Å². The normalized spacial score (nSPS) is 12.2. The van der Waals surface area contributed by atoms with Crippen molar-refractivity contribution in [1.29, 1.82) is 0 Å². The molecule has 76 valence electrons. The Hall–Kier alpha value is -1.16. The van der Waals surface area contributed by atoms with Crippen LogP contribution in [0.5, 0.6) is 0 Å². The van der Waals surface area contributed by atoms with Crippen LogP contribution in [-0.2, 0) is 4.79 Å². The molecule has 14 heavy (non-hydrogen) atoms. The Morgan fingerprint density at radius 2 is 2.14 bits per heavy atom. The molecule has 0 spiro atoms. The van der Waals surface area contributed by atoms with Crippen LogP contribution in [0.4, 0.5) is 0 Å². The van der Waals surface area contributed by atoms with E-state index in [1.165, 1.54) is 23.2 Å². The van der Waals surface area contributed by atoms with Gasteiger partial charge in [0.1, 0.15) is 0 Å². The van der Waals surface area contributed by atoms with Crippen LogP contribution >= 0.6 is 11.3 Å². The molecular weight excluding hydrogens is 198 g/mol. The molecule has 1 rings (SSSR count). The van der Waals surface area contributed by atoms with Crippen molar-refractivity contribution in [3.63, 3.8) is 0 Å². The molecule has 0 aromatic carbocycles. The average molecular weight is 211 g/mol. The third-order valence-electron chi connectivity index (χ3n) is 2.22. The highest BCUT2D eigenvalue weighted by atomic mass is 32.1. The molecule has 1 aromatic heterocycles. The van der Waals surface area contributed by atoms with Crippen LogP contribution in [0.25, 0.3) is 0 Å². The lowest BCUT2D eigenvalue weighted by Gasteiger charge is -2.21. The van der Waals surface area contributed by atoms with Gasteiger partial charge in [-0.15, -0.1) is 11.3 Å². The highest BCUT2D eigenvalue weighted by Crippen LogP contribution is 2.13. The van der Waals surface area contributed by atoms with Crippen molar-refractivity contribution in [2.45, 2.75) is 19.9 Å². The third-order valence-corrected chi connectivity index (χ3v) is 3.11. The van der Waals surface area contributed by atoms with Gasteiger partial charge in [-0.3, -0.25) is 9.59 Å². The first-order valence-corrected chi connectivity index (χ1v) is 5.23. The van der Waals surface area contributed by atoms with Crippen LogP contribution in [0.3, 0.4) is 0 Å². The summed E-state index contributed by atoms with van der Waals surface area (Å²) in [6.45, 7) is 3.20. The van der Waals surface area contributed by atoms with Crippen LogP contribution in [0, 0.1) is 0 Å². The van der Waals surface area contributed by atoms with E-state index in [1.807, 2.05) is 11.4 Å². The monoisotopic (exact) mass is 211 g/mol. The summed E-state index contributed by atoms with van der Waals surface area (Å²) in [5, 5.41) is 1.85. The number of thiophene rings is 1. The zero-order valence-corrected chi connectivity index (χ0v) is 9.30. The van der Waals surface area contributed by atoms with Gasteiger partial charge in [0.2, 0.25) is 5.91 Å². The Morgan fingerprint density at radius 3 is 2.57 bits per heavy atom. The standard InChI is InChI=1S/C10H13NO2S/c1-7(11(3)8(2)12)10(13)9-5-4-6-14-9/h4-7H,1-3H3. The number of carbonyl (C=O) groups is 2. The van der Waals surface area contributed by atoms with Crippen LogP contribution in [-0.4, -0.2) is 29.7 Å². The number of hydrogen-bond acceptors (Lipinski definition) is 3. The van der Waals surface area contributed by atoms with E-state index in [4.69, 9.17) is 0 Å². The second kappa shape index (κ2) is 4.37. The second-order valence-corrected chi connectivity index (χ2v) is 4.10. The van der Waals surface area contributed by atoms with E-state index in [9.17, 15) is 9.59 Å². The SMILES string of the molecule is CC(=O)N(C)C(C)C(=O)c1cccs1. The fourth-order valence-electron chi connectivity index (χ4n) is 1.07. The molecule has 1 aromatic rings. The molecule has 0 aliphatic rings.